The number of amides is 1. The first-order chi connectivity index (χ1) is 13.6. The van der Waals surface area contributed by atoms with E-state index >= 15 is 0 Å². The zero-order valence-corrected chi connectivity index (χ0v) is 17.7. The van der Waals surface area contributed by atoms with E-state index in [0.29, 0.717) is 34.0 Å². The molecule has 0 unspecified atom stereocenters. The smallest absolute Gasteiger partial charge is 0.277 e. The van der Waals surface area contributed by atoms with Crippen LogP contribution in [0, 0.1) is 5.92 Å². The molecule has 150 valence electrons. The van der Waals surface area contributed by atoms with Crippen molar-refractivity contribution >= 4 is 29.3 Å². The average Bonchev–Trinajstić information content (AvgIpc) is 3.44. The van der Waals surface area contributed by atoms with Crippen molar-refractivity contribution in [1.29, 1.82) is 0 Å². The Labute approximate surface area is 175 Å². The molecule has 28 heavy (non-hydrogen) atoms. The molecule has 1 aromatic carbocycles. The summed E-state index contributed by atoms with van der Waals surface area (Å²) < 4.78 is 5.72. The van der Waals surface area contributed by atoms with E-state index in [0.717, 1.165) is 37.2 Å². The van der Waals surface area contributed by atoms with E-state index in [1.807, 2.05) is 12.1 Å². The summed E-state index contributed by atoms with van der Waals surface area (Å²) >= 11 is 7.25. The van der Waals surface area contributed by atoms with Crippen LogP contribution in [0.1, 0.15) is 51.9 Å². The molecule has 2 aliphatic carbocycles. The summed E-state index contributed by atoms with van der Waals surface area (Å²) in [7, 11) is 0. The van der Waals surface area contributed by atoms with Gasteiger partial charge in [-0.3, -0.25) is 4.79 Å². The van der Waals surface area contributed by atoms with Crippen LogP contribution in [0.3, 0.4) is 0 Å². The van der Waals surface area contributed by atoms with E-state index < -0.39 is 0 Å². The third-order valence-corrected chi connectivity index (χ3v) is 6.89. The predicted molar refractivity (Wildman–Crippen MR) is 111 cm³/mol. The molecule has 7 heteroatoms. The first-order valence-corrected chi connectivity index (χ1v) is 11.5. The second-order valence-electron chi connectivity index (χ2n) is 7.78. The number of rotatable bonds is 7. The third kappa shape index (κ3) is 4.71. The molecule has 2 aromatic rings. The summed E-state index contributed by atoms with van der Waals surface area (Å²) in [6, 6.07) is 8.13. The normalized spacial score (nSPS) is 22.2. The minimum Gasteiger partial charge on any atom is -0.411 e. The van der Waals surface area contributed by atoms with Crippen molar-refractivity contribution in [3.8, 4) is 11.5 Å². The molecule has 5 nitrogen and oxygen atoms in total. The summed E-state index contributed by atoms with van der Waals surface area (Å²) in [5.74, 6) is 1.85. The molecule has 1 heterocycles. The summed E-state index contributed by atoms with van der Waals surface area (Å²) in [6.07, 6.45) is 8.33. The van der Waals surface area contributed by atoms with Crippen LogP contribution in [0.2, 0.25) is 5.02 Å². The van der Waals surface area contributed by atoms with Crippen molar-refractivity contribution in [3.05, 3.63) is 29.3 Å². The Morgan fingerprint density at radius 1 is 1.11 bits per heavy atom. The summed E-state index contributed by atoms with van der Waals surface area (Å²) in [6.45, 7) is 2.27. The number of halogens is 1. The van der Waals surface area contributed by atoms with Crippen LogP contribution in [-0.2, 0) is 4.79 Å². The standard InChI is InChI=1S/C21H26ClN3O2S/c1-2-14-3-9-17(10-4-14)25(18-11-12-18)19(26)13-28-21-24-23-20(27-21)15-5-7-16(22)8-6-15/h5-8,14,17-18H,2-4,9-13H2,1H3. The lowest BCUT2D eigenvalue weighted by Crippen LogP contribution is -2.44. The molecular formula is C21H26ClN3O2S. The highest BCUT2D eigenvalue weighted by atomic mass is 35.5. The van der Waals surface area contributed by atoms with Gasteiger partial charge in [0.2, 0.25) is 11.8 Å². The summed E-state index contributed by atoms with van der Waals surface area (Å²) in [5, 5.41) is 9.27. The van der Waals surface area contributed by atoms with Crippen LogP contribution in [0.4, 0.5) is 0 Å². The highest BCUT2D eigenvalue weighted by Gasteiger charge is 2.38. The third-order valence-electron chi connectivity index (χ3n) is 5.83. The van der Waals surface area contributed by atoms with Crippen molar-refractivity contribution in [2.75, 3.05) is 5.75 Å². The first kappa shape index (κ1) is 19.8. The molecule has 0 radical (unpaired) electrons. The zero-order chi connectivity index (χ0) is 19.5. The minimum atomic E-state index is 0.207. The molecule has 0 aliphatic heterocycles. The Hall–Kier alpha value is -1.53. The van der Waals surface area contributed by atoms with Crippen molar-refractivity contribution in [1.82, 2.24) is 15.1 Å². The monoisotopic (exact) mass is 419 g/mol. The Bertz CT molecular complexity index is 798. The van der Waals surface area contributed by atoms with Gasteiger partial charge in [0, 0.05) is 22.7 Å². The molecule has 0 saturated heterocycles. The number of carbonyl (C=O) groups is 1. The largest absolute Gasteiger partial charge is 0.411 e. The van der Waals surface area contributed by atoms with E-state index in [2.05, 4.69) is 22.0 Å². The molecule has 0 N–H and O–H groups in total. The molecule has 0 atom stereocenters. The Kier molecular flexibility index (Phi) is 6.26. The number of nitrogens with zero attached hydrogens (tertiary/aromatic N) is 3. The zero-order valence-electron chi connectivity index (χ0n) is 16.1. The van der Waals surface area contributed by atoms with Crippen LogP contribution in [-0.4, -0.2) is 38.8 Å². The molecule has 2 saturated carbocycles. The number of carbonyl (C=O) groups excluding carboxylic acids is 1. The number of aromatic nitrogens is 2. The molecule has 0 bridgehead atoms. The van der Waals surface area contributed by atoms with E-state index in [9.17, 15) is 4.79 Å². The maximum atomic E-state index is 13.0. The maximum Gasteiger partial charge on any atom is 0.277 e. The van der Waals surface area contributed by atoms with Gasteiger partial charge in [-0.15, -0.1) is 10.2 Å². The lowest BCUT2D eigenvalue weighted by Gasteiger charge is -2.37. The van der Waals surface area contributed by atoms with Crippen molar-refractivity contribution in [2.24, 2.45) is 5.92 Å². The first-order valence-electron chi connectivity index (χ1n) is 10.2. The Balaban J connectivity index is 1.34. The van der Waals surface area contributed by atoms with Crippen LogP contribution < -0.4 is 0 Å². The van der Waals surface area contributed by atoms with Gasteiger partial charge in [-0.05, 0) is 68.7 Å². The fourth-order valence-corrected chi connectivity index (χ4v) is 4.82. The summed E-state index contributed by atoms with van der Waals surface area (Å²) in [5.41, 5.74) is 0.822. The van der Waals surface area contributed by atoms with Gasteiger partial charge in [0.25, 0.3) is 5.22 Å². The van der Waals surface area contributed by atoms with Crippen LogP contribution in [0.25, 0.3) is 11.5 Å². The number of thioether (sulfide) groups is 1. The van der Waals surface area contributed by atoms with Crippen LogP contribution in [0.15, 0.2) is 33.9 Å². The van der Waals surface area contributed by atoms with Gasteiger partial charge in [-0.1, -0.05) is 36.7 Å². The highest BCUT2D eigenvalue weighted by Crippen LogP contribution is 2.37. The fraction of sp³-hybridized carbons (Fsp3) is 0.571. The van der Waals surface area contributed by atoms with Crippen molar-refractivity contribution in [2.45, 2.75) is 69.2 Å². The molecule has 4 rings (SSSR count). The second-order valence-corrected chi connectivity index (χ2v) is 9.15. The highest BCUT2D eigenvalue weighted by molar-refractivity contribution is 7.99. The Morgan fingerprint density at radius 2 is 1.75 bits per heavy atom. The number of hydrogen-bond acceptors (Lipinski definition) is 5. The summed E-state index contributed by atoms with van der Waals surface area (Å²) in [4.78, 5) is 15.1. The van der Waals surface area contributed by atoms with Gasteiger partial charge in [0.05, 0.1) is 5.75 Å². The van der Waals surface area contributed by atoms with Gasteiger partial charge in [0.1, 0.15) is 0 Å². The number of benzene rings is 1. The van der Waals surface area contributed by atoms with Crippen molar-refractivity contribution in [3.63, 3.8) is 0 Å². The average molecular weight is 420 g/mol. The molecular weight excluding hydrogens is 394 g/mol. The second kappa shape index (κ2) is 8.87. The number of hydrogen-bond donors (Lipinski definition) is 0. The van der Waals surface area contributed by atoms with Gasteiger partial charge in [0.15, 0.2) is 0 Å². The maximum absolute atomic E-state index is 13.0. The molecule has 1 amide bonds. The van der Waals surface area contributed by atoms with Gasteiger partial charge in [-0.25, -0.2) is 0 Å². The molecule has 1 aromatic heterocycles. The van der Waals surface area contributed by atoms with Gasteiger partial charge in [-0.2, -0.15) is 0 Å². The topological polar surface area (TPSA) is 59.2 Å². The van der Waals surface area contributed by atoms with E-state index in [4.69, 9.17) is 16.0 Å². The van der Waals surface area contributed by atoms with Crippen molar-refractivity contribution < 1.29 is 9.21 Å². The SMILES string of the molecule is CCC1CCC(N(C(=O)CSc2nnc(-c3ccc(Cl)cc3)o2)C2CC2)CC1. The van der Waals surface area contributed by atoms with Gasteiger partial charge >= 0.3 is 0 Å². The lowest BCUT2D eigenvalue weighted by molar-refractivity contribution is -0.132. The lowest BCUT2D eigenvalue weighted by atomic mass is 9.84. The van der Waals surface area contributed by atoms with Crippen LogP contribution in [0.5, 0.6) is 0 Å². The molecule has 2 aliphatic rings. The Morgan fingerprint density at radius 3 is 2.36 bits per heavy atom. The molecule has 2 fully saturated rings. The molecule has 0 spiro atoms. The fourth-order valence-electron chi connectivity index (χ4n) is 4.06. The minimum absolute atomic E-state index is 0.207. The van der Waals surface area contributed by atoms with E-state index in [-0.39, 0.29) is 5.91 Å². The predicted octanol–water partition coefficient (Wildman–Crippen LogP) is 5.44. The quantitative estimate of drug-likeness (QED) is 0.559. The van der Waals surface area contributed by atoms with Crippen LogP contribution >= 0.6 is 23.4 Å². The van der Waals surface area contributed by atoms with E-state index in [1.54, 1.807) is 12.1 Å². The van der Waals surface area contributed by atoms with E-state index in [1.165, 1.54) is 31.0 Å². The van der Waals surface area contributed by atoms with Gasteiger partial charge < -0.3 is 9.32 Å².